The number of amides is 1. The number of carbonyl (C=O) groups excluding carboxylic acids is 1. The van der Waals surface area contributed by atoms with Crippen molar-refractivity contribution in [3.05, 3.63) is 35.4 Å². The van der Waals surface area contributed by atoms with E-state index in [0.29, 0.717) is 5.92 Å². The van der Waals surface area contributed by atoms with Crippen LogP contribution in [0.3, 0.4) is 0 Å². The maximum absolute atomic E-state index is 11.8. The Labute approximate surface area is 123 Å². The molecule has 0 aliphatic carbocycles. The van der Waals surface area contributed by atoms with Crippen LogP contribution in [0.1, 0.15) is 64.1 Å². The van der Waals surface area contributed by atoms with E-state index in [0.717, 1.165) is 13.0 Å². The van der Waals surface area contributed by atoms with Gasteiger partial charge in [-0.1, -0.05) is 45.0 Å². The minimum Gasteiger partial charge on any atom is -0.355 e. The zero-order valence-electron chi connectivity index (χ0n) is 13.4. The van der Waals surface area contributed by atoms with Crippen LogP contribution in [-0.4, -0.2) is 18.5 Å². The summed E-state index contributed by atoms with van der Waals surface area (Å²) < 4.78 is 0. The van der Waals surface area contributed by atoms with Crippen molar-refractivity contribution in [3.8, 4) is 0 Å². The number of hydrogen-bond donors (Lipinski definition) is 2. The molecule has 0 saturated carbocycles. The highest BCUT2D eigenvalue weighted by atomic mass is 16.2. The summed E-state index contributed by atoms with van der Waals surface area (Å²) >= 11 is 0. The maximum Gasteiger partial charge on any atom is 0.236 e. The molecular weight excluding hydrogens is 248 g/mol. The summed E-state index contributed by atoms with van der Waals surface area (Å²) in [5, 5.41) is 6.25. The minimum atomic E-state index is -0.179. The highest BCUT2D eigenvalue weighted by Gasteiger charge is 2.15. The quantitative estimate of drug-likeness (QED) is 0.801. The highest BCUT2D eigenvalue weighted by molar-refractivity contribution is 5.81. The second kappa shape index (κ2) is 8.05. The van der Waals surface area contributed by atoms with Gasteiger partial charge in [0.05, 0.1) is 6.04 Å². The first-order chi connectivity index (χ1) is 9.45. The van der Waals surface area contributed by atoms with Gasteiger partial charge in [-0.05, 0) is 37.3 Å². The normalized spacial score (nSPS) is 14.1. The fraction of sp³-hybridized carbons (Fsp3) is 0.588. The first kappa shape index (κ1) is 16.7. The summed E-state index contributed by atoms with van der Waals surface area (Å²) in [5.74, 6) is 0.614. The largest absolute Gasteiger partial charge is 0.355 e. The van der Waals surface area contributed by atoms with E-state index >= 15 is 0 Å². The molecule has 112 valence electrons. The van der Waals surface area contributed by atoms with Crippen LogP contribution < -0.4 is 10.6 Å². The predicted octanol–water partition coefficient (Wildman–Crippen LogP) is 3.38. The Morgan fingerprint density at radius 2 is 1.60 bits per heavy atom. The second-order valence-electron chi connectivity index (χ2n) is 5.72. The van der Waals surface area contributed by atoms with Gasteiger partial charge in [-0.15, -0.1) is 0 Å². The Morgan fingerprint density at radius 1 is 1.05 bits per heavy atom. The zero-order chi connectivity index (χ0) is 15.1. The Hall–Kier alpha value is -1.35. The van der Waals surface area contributed by atoms with Crippen molar-refractivity contribution >= 4 is 5.91 Å². The van der Waals surface area contributed by atoms with Gasteiger partial charge in [-0.25, -0.2) is 0 Å². The molecule has 20 heavy (non-hydrogen) atoms. The molecule has 0 fully saturated rings. The molecule has 0 saturated heterocycles. The molecule has 1 amide bonds. The van der Waals surface area contributed by atoms with Crippen molar-refractivity contribution in [1.29, 1.82) is 0 Å². The molecule has 1 aromatic carbocycles. The van der Waals surface area contributed by atoms with Gasteiger partial charge in [-0.3, -0.25) is 10.1 Å². The molecule has 3 heteroatoms. The van der Waals surface area contributed by atoms with Gasteiger partial charge < -0.3 is 5.32 Å². The Kier molecular flexibility index (Phi) is 6.73. The van der Waals surface area contributed by atoms with Gasteiger partial charge in [0, 0.05) is 12.6 Å². The molecule has 0 aliphatic rings. The molecule has 2 unspecified atom stereocenters. The first-order valence-electron chi connectivity index (χ1n) is 7.59. The van der Waals surface area contributed by atoms with E-state index in [2.05, 4.69) is 62.6 Å². The predicted molar refractivity (Wildman–Crippen MR) is 84.8 cm³/mol. The summed E-state index contributed by atoms with van der Waals surface area (Å²) in [6.45, 7) is 11.2. The van der Waals surface area contributed by atoms with Crippen LogP contribution in [0.15, 0.2) is 24.3 Å². The van der Waals surface area contributed by atoms with E-state index in [4.69, 9.17) is 0 Å². The van der Waals surface area contributed by atoms with Crippen LogP contribution in [0, 0.1) is 0 Å². The van der Waals surface area contributed by atoms with Gasteiger partial charge in [0.1, 0.15) is 0 Å². The van der Waals surface area contributed by atoms with Crippen LogP contribution in [0.2, 0.25) is 0 Å². The zero-order valence-corrected chi connectivity index (χ0v) is 13.4. The lowest BCUT2D eigenvalue weighted by Crippen LogP contribution is -2.43. The van der Waals surface area contributed by atoms with Crippen LogP contribution in [0.4, 0.5) is 0 Å². The van der Waals surface area contributed by atoms with Crippen molar-refractivity contribution in [2.45, 2.75) is 59.0 Å². The van der Waals surface area contributed by atoms with Crippen molar-refractivity contribution < 1.29 is 4.79 Å². The van der Waals surface area contributed by atoms with Crippen LogP contribution in [0.5, 0.6) is 0 Å². The van der Waals surface area contributed by atoms with Gasteiger partial charge in [0.2, 0.25) is 5.91 Å². The minimum absolute atomic E-state index is 0.0671. The van der Waals surface area contributed by atoms with Crippen molar-refractivity contribution in [2.75, 3.05) is 6.54 Å². The van der Waals surface area contributed by atoms with Gasteiger partial charge in [0.25, 0.3) is 0 Å². The number of hydrogen-bond acceptors (Lipinski definition) is 2. The van der Waals surface area contributed by atoms with Gasteiger partial charge in [0.15, 0.2) is 0 Å². The highest BCUT2D eigenvalue weighted by Crippen LogP contribution is 2.18. The van der Waals surface area contributed by atoms with Gasteiger partial charge in [-0.2, -0.15) is 0 Å². The fourth-order valence-electron chi connectivity index (χ4n) is 2.12. The fourth-order valence-corrected chi connectivity index (χ4v) is 2.12. The molecule has 0 aromatic heterocycles. The molecule has 0 spiro atoms. The van der Waals surface area contributed by atoms with E-state index < -0.39 is 0 Å². The molecular formula is C17H28N2O. The maximum atomic E-state index is 11.8. The third-order valence-electron chi connectivity index (χ3n) is 3.55. The van der Waals surface area contributed by atoms with Crippen LogP contribution >= 0.6 is 0 Å². The van der Waals surface area contributed by atoms with E-state index in [-0.39, 0.29) is 18.0 Å². The number of carbonyl (C=O) groups is 1. The Bertz CT molecular complexity index is 412. The van der Waals surface area contributed by atoms with E-state index in [1.54, 1.807) is 0 Å². The standard InChI is InChI=1S/C17H28N2O/c1-6-11-18-17(20)14(5)19-13(4)16-9-7-15(8-10-16)12(2)3/h7-10,12-14,19H,6,11H2,1-5H3,(H,18,20). The average Bonchev–Trinajstić information content (AvgIpc) is 2.44. The van der Waals surface area contributed by atoms with E-state index in [9.17, 15) is 4.79 Å². The average molecular weight is 276 g/mol. The molecule has 1 rings (SSSR count). The SMILES string of the molecule is CCCNC(=O)C(C)NC(C)c1ccc(C(C)C)cc1. The molecule has 2 atom stereocenters. The Balaban J connectivity index is 2.57. The number of nitrogens with one attached hydrogen (secondary N) is 2. The van der Waals surface area contributed by atoms with E-state index in [1.165, 1.54) is 11.1 Å². The van der Waals surface area contributed by atoms with Gasteiger partial charge >= 0.3 is 0 Å². The molecule has 0 radical (unpaired) electrons. The monoisotopic (exact) mass is 276 g/mol. The molecule has 0 bridgehead atoms. The van der Waals surface area contributed by atoms with Crippen molar-refractivity contribution in [3.63, 3.8) is 0 Å². The summed E-state index contributed by atoms with van der Waals surface area (Å²) in [6, 6.07) is 8.60. The molecule has 0 heterocycles. The molecule has 0 aliphatic heterocycles. The van der Waals surface area contributed by atoms with Crippen LogP contribution in [0.25, 0.3) is 0 Å². The first-order valence-corrected chi connectivity index (χ1v) is 7.59. The smallest absolute Gasteiger partial charge is 0.236 e. The van der Waals surface area contributed by atoms with Crippen LogP contribution in [-0.2, 0) is 4.79 Å². The van der Waals surface area contributed by atoms with Crippen molar-refractivity contribution in [2.24, 2.45) is 0 Å². The third kappa shape index (κ3) is 4.97. The van der Waals surface area contributed by atoms with Crippen molar-refractivity contribution in [1.82, 2.24) is 10.6 Å². The third-order valence-corrected chi connectivity index (χ3v) is 3.55. The Morgan fingerprint density at radius 3 is 2.10 bits per heavy atom. The lowest BCUT2D eigenvalue weighted by atomic mass is 9.99. The molecule has 3 nitrogen and oxygen atoms in total. The summed E-state index contributed by atoms with van der Waals surface area (Å²) in [5.41, 5.74) is 2.55. The lowest BCUT2D eigenvalue weighted by molar-refractivity contribution is -0.122. The lowest BCUT2D eigenvalue weighted by Gasteiger charge is -2.20. The number of rotatable bonds is 7. The molecule has 1 aromatic rings. The summed E-state index contributed by atoms with van der Waals surface area (Å²) in [7, 11) is 0. The molecule has 2 N–H and O–H groups in total. The second-order valence-corrected chi connectivity index (χ2v) is 5.72. The summed E-state index contributed by atoms with van der Waals surface area (Å²) in [6.07, 6.45) is 0.963. The van der Waals surface area contributed by atoms with E-state index in [1.807, 2.05) is 6.92 Å². The topological polar surface area (TPSA) is 41.1 Å². The summed E-state index contributed by atoms with van der Waals surface area (Å²) in [4.78, 5) is 11.8. The number of benzene rings is 1.